The number of allylic oxidation sites excluding steroid dienone is 3. The molecule has 0 fully saturated rings. The predicted molar refractivity (Wildman–Crippen MR) is 115 cm³/mol. The zero-order valence-corrected chi connectivity index (χ0v) is 17.6. The molecule has 1 aliphatic heterocycles. The van der Waals surface area contributed by atoms with E-state index in [9.17, 15) is 9.59 Å². The molecule has 1 aromatic heterocycles. The molecule has 0 unspecified atom stereocenters. The molecule has 0 spiro atoms. The lowest BCUT2D eigenvalue weighted by molar-refractivity contribution is -0.132. The Bertz CT molecular complexity index is 813. The van der Waals surface area contributed by atoms with Crippen LogP contribution in [-0.2, 0) is 33.8 Å². The maximum absolute atomic E-state index is 12.4. The van der Waals surface area contributed by atoms with Crippen LogP contribution in [0.25, 0.3) is 0 Å². The standard InChI is InChI=1S/C21H29N3O4S/c1-4-15(28-3)11-14(2)5-6-19(26)23-21-17(12-22)16-7-9-24(13-18(16)29-21)20(27)8-10-25/h4,11,25H,1-2,5-10,12-13,22H2,3H3,(H,23,26)/b15-11+. The number of carbonyl (C=O) groups excluding carboxylic acids is 2. The molecular formula is C21H29N3O4S. The maximum atomic E-state index is 12.4. The van der Waals surface area contributed by atoms with Crippen molar-refractivity contribution in [3.05, 3.63) is 52.6 Å². The number of hydrogen-bond acceptors (Lipinski definition) is 6. The molecule has 8 heteroatoms. The third kappa shape index (κ3) is 6.03. The van der Waals surface area contributed by atoms with E-state index < -0.39 is 0 Å². The van der Waals surface area contributed by atoms with Gasteiger partial charge in [0, 0.05) is 36.4 Å². The molecule has 0 aromatic carbocycles. The van der Waals surface area contributed by atoms with Crippen molar-refractivity contribution in [3.8, 4) is 0 Å². The number of carbonyl (C=O) groups is 2. The summed E-state index contributed by atoms with van der Waals surface area (Å²) in [6.07, 6.45) is 4.96. The number of hydrogen-bond donors (Lipinski definition) is 3. The SMILES string of the molecule is C=C/C(=C\C(=C)CCC(=O)Nc1sc2c(c1CN)CCN(C(=O)CCO)C2)OC. The van der Waals surface area contributed by atoms with Gasteiger partial charge in [-0.2, -0.15) is 0 Å². The van der Waals surface area contributed by atoms with E-state index in [0.717, 1.165) is 26.6 Å². The molecule has 1 aromatic rings. The molecule has 0 radical (unpaired) electrons. The topological polar surface area (TPSA) is 105 Å². The number of methoxy groups -OCH3 is 1. The van der Waals surface area contributed by atoms with Crippen LogP contribution in [0.3, 0.4) is 0 Å². The van der Waals surface area contributed by atoms with Crippen LogP contribution in [0.1, 0.15) is 35.3 Å². The zero-order chi connectivity index (χ0) is 21.4. The Kier molecular flexibility index (Phi) is 8.63. The lowest BCUT2D eigenvalue weighted by Gasteiger charge is -2.27. The molecule has 0 bridgehead atoms. The van der Waals surface area contributed by atoms with Gasteiger partial charge in [-0.3, -0.25) is 9.59 Å². The highest BCUT2D eigenvalue weighted by Gasteiger charge is 2.26. The summed E-state index contributed by atoms with van der Waals surface area (Å²) in [6, 6.07) is 0. The molecule has 2 rings (SSSR count). The summed E-state index contributed by atoms with van der Waals surface area (Å²) in [4.78, 5) is 27.3. The number of fused-ring (bicyclic) bond motifs is 1. The van der Waals surface area contributed by atoms with Gasteiger partial charge in [0.05, 0.1) is 25.3 Å². The van der Waals surface area contributed by atoms with Gasteiger partial charge in [-0.1, -0.05) is 18.7 Å². The molecule has 2 heterocycles. The van der Waals surface area contributed by atoms with E-state index in [1.54, 1.807) is 24.2 Å². The van der Waals surface area contributed by atoms with E-state index in [1.807, 2.05) is 0 Å². The van der Waals surface area contributed by atoms with Crippen molar-refractivity contribution in [2.45, 2.75) is 38.8 Å². The third-order valence-corrected chi connectivity index (χ3v) is 5.93. The smallest absolute Gasteiger partial charge is 0.225 e. The monoisotopic (exact) mass is 419 g/mol. The van der Waals surface area contributed by atoms with E-state index in [2.05, 4.69) is 18.5 Å². The Morgan fingerprint density at radius 1 is 1.38 bits per heavy atom. The Balaban J connectivity index is 2.02. The Morgan fingerprint density at radius 2 is 2.14 bits per heavy atom. The Morgan fingerprint density at radius 3 is 2.76 bits per heavy atom. The number of thiophene rings is 1. The number of anilines is 1. The molecule has 7 nitrogen and oxygen atoms in total. The van der Waals surface area contributed by atoms with Gasteiger partial charge in [-0.15, -0.1) is 11.3 Å². The van der Waals surface area contributed by atoms with Gasteiger partial charge in [0.25, 0.3) is 0 Å². The second-order valence-corrected chi connectivity index (χ2v) is 7.82. The van der Waals surface area contributed by atoms with Crippen LogP contribution in [-0.4, -0.2) is 42.1 Å². The minimum absolute atomic E-state index is 0.0621. The highest BCUT2D eigenvalue weighted by Crippen LogP contribution is 2.37. The lowest BCUT2D eigenvalue weighted by Crippen LogP contribution is -2.35. The lowest BCUT2D eigenvalue weighted by atomic mass is 10.0. The first kappa shape index (κ1) is 22.9. The van der Waals surface area contributed by atoms with Crippen molar-refractivity contribution in [3.63, 3.8) is 0 Å². The summed E-state index contributed by atoms with van der Waals surface area (Å²) in [5, 5.41) is 12.7. The Hall–Kier alpha value is -2.42. The summed E-state index contributed by atoms with van der Waals surface area (Å²) < 4.78 is 5.12. The molecule has 0 saturated heterocycles. The van der Waals surface area contributed by atoms with Crippen molar-refractivity contribution >= 4 is 28.2 Å². The molecule has 158 valence electrons. The number of ether oxygens (including phenoxy) is 1. The predicted octanol–water partition coefficient (Wildman–Crippen LogP) is 2.47. The van der Waals surface area contributed by atoms with Gasteiger partial charge in [0.2, 0.25) is 11.8 Å². The molecule has 2 amide bonds. The Labute approximate surface area is 175 Å². The van der Waals surface area contributed by atoms with Crippen LogP contribution in [0, 0.1) is 0 Å². The fraction of sp³-hybridized carbons (Fsp3) is 0.429. The molecule has 1 aliphatic rings. The summed E-state index contributed by atoms with van der Waals surface area (Å²) in [5.41, 5.74) is 8.79. The highest BCUT2D eigenvalue weighted by atomic mass is 32.1. The number of rotatable bonds is 10. The van der Waals surface area contributed by atoms with Crippen molar-refractivity contribution in [2.24, 2.45) is 5.73 Å². The molecule has 0 atom stereocenters. The summed E-state index contributed by atoms with van der Waals surface area (Å²) in [7, 11) is 1.55. The quantitative estimate of drug-likeness (QED) is 0.399. The van der Waals surface area contributed by atoms with Crippen LogP contribution in [0.4, 0.5) is 5.00 Å². The van der Waals surface area contributed by atoms with Crippen molar-refractivity contribution < 1.29 is 19.4 Å². The number of nitrogens with two attached hydrogens (primary N) is 1. The summed E-state index contributed by atoms with van der Waals surface area (Å²) in [5.74, 6) is 0.429. The van der Waals surface area contributed by atoms with E-state index in [4.69, 9.17) is 15.6 Å². The van der Waals surface area contributed by atoms with Gasteiger partial charge in [0.1, 0.15) is 5.76 Å². The van der Waals surface area contributed by atoms with E-state index in [1.165, 1.54) is 11.3 Å². The van der Waals surface area contributed by atoms with Gasteiger partial charge in [0.15, 0.2) is 0 Å². The fourth-order valence-electron chi connectivity index (χ4n) is 3.19. The summed E-state index contributed by atoms with van der Waals surface area (Å²) >= 11 is 1.47. The zero-order valence-electron chi connectivity index (χ0n) is 16.8. The number of aliphatic hydroxyl groups is 1. The van der Waals surface area contributed by atoms with E-state index in [-0.39, 0.29) is 31.3 Å². The largest absolute Gasteiger partial charge is 0.497 e. The fourth-order valence-corrected chi connectivity index (χ4v) is 4.50. The van der Waals surface area contributed by atoms with Crippen LogP contribution in [0.5, 0.6) is 0 Å². The number of nitrogens with one attached hydrogen (secondary N) is 1. The van der Waals surface area contributed by atoms with Gasteiger partial charge < -0.3 is 25.8 Å². The second kappa shape index (κ2) is 10.9. The van der Waals surface area contributed by atoms with Crippen LogP contribution in [0.15, 0.2) is 36.6 Å². The maximum Gasteiger partial charge on any atom is 0.225 e. The molecule has 0 aliphatic carbocycles. The first-order valence-electron chi connectivity index (χ1n) is 9.51. The molecule has 29 heavy (non-hydrogen) atoms. The van der Waals surface area contributed by atoms with Crippen molar-refractivity contribution in [2.75, 3.05) is 25.6 Å². The van der Waals surface area contributed by atoms with Gasteiger partial charge >= 0.3 is 0 Å². The van der Waals surface area contributed by atoms with E-state index in [0.29, 0.717) is 38.2 Å². The average Bonchev–Trinajstić information content (AvgIpc) is 3.06. The minimum atomic E-state index is -0.152. The van der Waals surface area contributed by atoms with Crippen LogP contribution in [0.2, 0.25) is 0 Å². The molecular weight excluding hydrogens is 390 g/mol. The molecule has 0 saturated carbocycles. The number of aliphatic hydroxyl groups excluding tert-OH is 1. The van der Waals surface area contributed by atoms with Crippen molar-refractivity contribution in [1.29, 1.82) is 0 Å². The van der Waals surface area contributed by atoms with Crippen LogP contribution >= 0.6 is 11.3 Å². The second-order valence-electron chi connectivity index (χ2n) is 6.72. The highest BCUT2D eigenvalue weighted by molar-refractivity contribution is 7.16. The summed E-state index contributed by atoms with van der Waals surface area (Å²) in [6.45, 7) is 8.86. The first-order valence-corrected chi connectivity index (χ1v) is 10.3. The van der Waals surface area contributed by atoms with E-state index >= 15 is 0 Å². The van der Waals surface area contributed by atoms with Gasteiger partial charge in [-0.05, 0) is 30.6 Å². The normalized spacial score (nSPS) is 13.6. The minimum Gasteiger partial charge on any atom is -0.497 e. The molecule has 4 N–H and O–H groups in total. The number of nitrogens with zero attached hydrogens (tertiary/aromatic N) is 1. The number of amides is 2. The third-order valence-electron chi connectivity index (χ3n) is 4.76. The average molecular weight is 420 g/mol. The van der Waals surface area contributed by atoms with Crippen LogP contribution < -0.4 is 11.1 Å². The van der Waals surface area contributed by atoms with Gasteiger partial charge in [-0.25, -0.2) is 0 Å². The first-order chi connectivity index (χ1) is 13.9. The van der Waals surface area contributed by atoms with Crippen molar-refractivity contribution in [1.82, 2.24) is 4.90 Å².